The maximum absolute atomic E-state index is 12.5. The number of aromatic nitrogens is 3. The van der Waals surface area contributed by atoms with Crippen molar-refractivity contribution in [1.29, 1.82) is 0 Å². The van der Waals surface area contributed by atoms with E-state index in [0.29, 0.717) is 24.4 Å². The summed E-state index contributed by atoms with van der Waals surface area (Å²) in [6.07, 6.45) is 2.38. The van der Waals surface area contributed by atoms with Gasteiger partial charge >= 0.3 is 6.61 Å². The van der Waals surface area contributed by atoms with Gasteiger partial charge in [-0.25, -0.2) is 4.98 Å². The van der Waals surface area contributed by atoms with E-state index in [2.05, 4.69) is 20.1 Å². The van der Waals surface area contributed by atoms with Gasteiger partial charge in [0, 0.05) is 18.3 Å². The highest BCUT2D eigenvalue weighted by atomic mass is 19.3. The third kappa shape index (κ3) is 2.49. The molecule has 2 aromatic rings. The molecule has 1 spiro atoms. The van der Waals surface area contributed by atoms with Gasteiger partial charge < -0.3 is 20.5 Å². The molecule has 3 N–H and O–H groups in total. The zero-order valence-electron chi connectivity index (χ0n) is 12.8. The molecule has 128 valence electrons. The Kier molecular flexibility index (Phi) is 3.61. The number of pyridine rings is 1. The normalized spacial score (nSPS) is 23.0. The number of nitrogens with two attached hydrogens (primary N) is 1. The van der Waals surface area contributed by atoms with Gasteiger partial charge in [0.2, 0.25) is 0 Å². The van der Waals surface area contributed by atoms with Crippen molar-refractivity contribution < 1.29 is 18.3 Å². The summed E-state index contributed by atoms with van der Waals surface area (Å²) in [6, 6.07) is 3.36. The first-order valence-electron chi connectivity index (χ1n) is 7.71. The number of halogens is 2. The van der Waals surface area contributed by atoms with Crippen molar-refractivity contribution in [1.82, 2.24) is 20.1 Å². The Labute approximate surface area is 136 Å². The Bertz CT molecular complexity index is 758. The number of nitrogen functional groups attached to an aromatic ring is 1. The van der Waals surface area contributed by atoms with Crippen LogP contribution in [0, 0.1) is 0 Å². The van der Waals surface area contributed by atoms with Gasteiger partial charge in [-0.1, -0.05) is 0 Å². The second-order valence-electron chi connectivity index (χ2n) is 5.89. The summed E-state index contributed by atoms with van der Waals surface area (Å²) in [6.45, 7) is -0.0929. The quantitative estimate of drug-likeness (QED) is 0.879. The summed E-state index contributed by atoms with van der Waals surface area (Å²) >= 11 is 0. The van der Waals surface area contributed by atoms with Gasteiger partial charge in [-0.05, 0) is 25.1 Å². The number of rotatable bonds is 3. The van der Waals surface area contributed by atoms with Crippen LogP contribution in [-0.2, 0) is 16.9 Å². The van der Waals surface area contributed by atoms with Crippen LogP contribution in [0.15, 0.2) is 18.3 Å². The van der Waals surface area contributed by atoms with Crippen LogP contribution in [0.5, 0.6) is 5.75 Å². The lowest BCUT2D eigenvalue weighted by Gasteiger charge is -2.33. The van der Waals surface area contributed by atoms with E-state index in [1.807, 2.05) is 10.7 Å². The second kappa shape index (κ2) is 5.67. The highest BCUT2D eigenvalue weighted by molar-refractivity contribution is 5.64. The molecule has 0 saturated carbocycles. The van der Waals surface area contributed by atoms with Gasteiger partial charge in [0.1, 0.15) is 5.60 Å². The molecule has 2 aliphatic rings. The minimum absolute atomic E-state index is 0.0807. The van der Waals surface area contributed by atoms with Crippen molar-refractivity contribution in [3.05, 3.63) is 24.0 Å². The lowest BCUT2D eigenvalue weighted by atomic mass is 9.96. The first kappa shape index (κ1) is 15.3. The summed E-state index contributed by atoms with van der Waals surface area (Å²) in [5.41, 5.74) is 7.41. The molecule has 1 saturated heterocycles. The number of hydrogen-bond acceptors (Lipinski definition) is 6. The number of anilines is 1. The van der Waals surface area contributed by atoms with E-state index in [4.69, 9.17) is 10.5 Å². The number of hydrogen-bond donors (Lipinski definition) is 2. The predicted octanol–water partition coefficient (Wildman–Crippen LogP) is 1.35. The highest BCUT2D eigenvalue weighted by Gasteiger charge is 2.42. The smallest absolute Gasteiger partial charge is 0.387 e. The van der Waals surface area contributed by atoms with Crippen molar-refractivity contribution in [2.75, 3.05) is 25.4 Å². The number of ether oxygens (including phenoxy) is 2. The molecule has 0 aliphatic carbocycles. The molecule has 2 aliphatic heterocycles. The summed E-state index contributed by atoms with van der Waals surface area (Å²) < 4.78 is 37.3. The maximum atomic E-state index is 12.5. The summed E-state index contributed by atoms with van der Waals surface area (Å²) in [7, 11) is 0. The molecule has 24 heavy (non-hydrogen) atoms. The second-order valence-corrected chi connectivity index (χ2v) is 5.89. The van der Waals surface area contributed by atoms with Crippen LogP contribution >= 0.6 is 0 Å². The molecular formula is C15H17F2N5O2. The topological polar surface area (TPSA) is 87.2 Å². The van der Waals surface area contributed by atoms with Crippen LogP contribution in [0.2, 0.25) is 0 Å². The molecule has 1 fully saturated rings. The Morgan fingerprint density at radius 1 is 1.42 bits per heavy atom. The Morgan fingerprint density at radius 3 is 3.04 bits per heavy atom. The zero-order chi connectivity index (χ0) is 16.7. The molecule has 0 radical (unpaired) electrons. The van der Waals surface area contributed by atoms with Crippen LogP contribution in [0.25, 0.3) is 11.3 Å². The Hall–Kier alpha value is -2.26. The van der Waals surface area contributed by atoms with Gasteiger partial charge in [0.15, 0.2) is 11.6 Å². The summed E-state index contributed by atoms with van der Waals surface area (Å²) in [4.78, 5) is 3.93. The van der Waals surface area contributed by atoms with Crippen LogP contribution in [0.4, 0.5) is 14.6 Å². The SMILES string of the molecule is Nc1ncc(-c2cc3n(n2)CCOC32CCNC2)cc1OC(F)F. The van der Waals surface area contributed by atoms with Gasteiger partial charge in [-0.15, -0.1) is 0 Å². The first-order chi connectivity index (χ1) is 11.6. The molecule has 0 amide bonds. The van der Waals surface area contributed by atoms with E-state index < -0.39 is 6.61 Å². The number of nitrogens with zero attached hydrogens (tertiary/aromatic N) is 3. The number of nitrogens with one attached hydrogen (secondary N) is 1. The summed E-state index contributed by atoms with van der Waals surface area (Å²) in [5, 5.41) is 7.89. The fourth-order valence-electron chi connectivity index (χ4n) is 3.29. The molecule has 2 aromatic heterocycles. The van der Waals surface area contributed by atoms with Crippen molar-refractivity contribution in [3.8, 4) is 17.0 Å². The summed E-state index contributed by atoms with van der Waals surface area (Å²) in [5.74, 6) is -0.232. The first-order valence-corrected chi connectivity index (χ1v) is 7.71. The minimum Gasteiger partial charge on any atom is -0.431 e. The Balaban J connectivity index is 1.72. The molecule has 9 heteroatoms. The van der Waals surface area contributed by atoms with Crippen molar-refractivity contribution in [2.24, 2.45) is 0 Å². The van der Waals surface area contributed by atoms with Crippen LogP contribution in [-0.4, -0.2) is 41.1 Å². The standard InChI is InChI=1S/C15H17F2N5O2/c16-14(17)24-11-5-9(7-20-13(11)18)10-6-12-15(1-2-19-8-15)23-4-3-22(12)21-10/h5-7,14,19H,1-4,8H2,(H2,18,20). The zero-order valence-corrected chi connectivity index (χ0v) is 12.8. The van der Waals surface area contributed by atoms with Gasteiger partial charge in [0.25, 0.3) is 0 Å². The van der Waals surface area contributed by atoms with E-state index in [-0.39, 0.29) is 17.2 Å². The minimum atomic E-state index is -2.96. The molecule has 0 aromatic carbocycles. The maximum Gasteiger partial charge on any atom is 0.387 e. The van der Waals surface area contributed by atoms with Gasteiger partial charge in [0.05, 0.1) is 24.5 Å². The lowest BCUT2D eigenvalue weighted by molar-refractivity contribution is -0.0657. The Morgan fingerprint density at radius 2 is 2.29 bits per heavy atom. The van der Waals surface area contributed by atoms with E-state index >= 15 is 0 Å². The lowest BCUT2D eigenvalue weighted by Crippen LogP contribution is -2.40. The average molecular weight is 337 g/mol. The largest absolute Gasteiger partial charge is 0.431 e. The molecule has 4 rings (SSSR count). The molecule has 0 bridgehead atoms. The average Bonchev–Trinajstić information content (AvgIpc) is 3.18. The molecule has 1 unspecified atom stereocenters. The van der Waals surface area contributed by atoms with E-state index in [1.54, 1.807) is 0 Å². The number of fused-ring (bicyclic) bond motifs is 2. The van der Waals surface area contributed by atoms with E-state index in [1.165, 1.54) is 12.3 Å². The van der Waals surface area contributed by atoms with Crippen LogP contribution in [0.3, 0.4) is 0 Å². The van der Waals surface area contributed by atoms with Crippen molar-refractivity contribution in [2.45, 2.75) is 25.2 Å². The predicted molar refractivity (Wildman–Crippen MR) is 81.6 cm³/mol. The van der Waals surface area contributed by atoms with Gasteiger partial charge in [-0.2, -0.15) is 13.9 Å². The third-order valence-corrected chi connectivity index (χ3v) is 4.44. The van der Waals surface area contributed by atoms with Crippen LogP contribution < -0.4 is 15.8 Å². The number of alkyl halides is 2. The highest BCUT2D eigenvalue weighted by Crippen LogP contribution is 2.37. The van der Waals surface area contributed by atoms with Crippen LogP contribution in [0.1, 0.15) is 12.1 Å². The molecule has 7 nitrogen and oxygen atoms in total. The van der Waals surface area contributed by atoms with Gasteiger partial charge in [-0.3, -0.25) is 4.68 Å². The van der Waals surface area contributed by atoms with E-state index in [0.717, 1.165) is 25.2 Å². The monoisotopic (exact) mass is 337 g/mol. The van der Waals surface area contributed by atoms with E-state index in [9.17, 15) is 8.78 Å². The molecular weight excluding hydrogens is 320 g/mol. The third-order valence-electron chi connectivity index (χ3n) is 4.44. The van der Waals surface area contributed by atoms with Crippen molar-refractivity contribution in [3.63, 3.8) is 0 Å². The van der Waals surface area contributed by atoms with Crippen molar-refractivity contribution >= 4 is 5.82 Å². The fraction of sp³-hybridized carbons (Fsp3) is 0.467. The molecule has 1 atom stereocenters. The fourth-order valence-corrected chi connectivity index (χ4v) is 3.29. The molecule has 4 heterocycles.